The van der Waals surface area contributed by atoms with Crippen LogP contribution in [0.2, 0.25) is 0 Å². The lowest BCUT2D eigenvalue weighted by molar-refractivity contribution is -0.138. The number of nitrogens with two attached hydrogens (primary N) is 1. The third-order valence-electron chi connectivity index (χ3n) is 5.57. The van der Waals surface area contributed by atoms with Crippen LogP contribution in [0.15, 0.2) is 53.3 Å². The van der Waals surface area contributed by atoms with Crippen LogP contribution in [0.1, 0.15) is 43.7 Å². The number of aromatic nitrogens is 3. The second-order valence-electron chi connectivity index (χ2n) is 8.37. The predicted molar refractivity (Wildman–Crippen MR) is 105 cm³/mol. The van der Waals surface area contributed by atoms with Gasteiger partial charge in [0.1, 0.15) is 12.1 Å². The molecule has 4 rings (SSSR count). The molecule has 1 aliphatic heterocycles. The van der Waals surface area contributed by atoms with Gasteiger partial charge in [-0.15, -0.1) is 0 Å². The Morgan fingerprint density at radius 3 is 2.61 bits per heavy atom. The van der Waals surface area contributed by atoms with Crippen molar-refractivity contribution in [1.82, 2.24) is 15.2 Å². The van der Waals surface area contributed by atoms with Crippen molar-refractivity contribution in [2.24, 2.45) is 11.1 Å². The average molecular weight is 428 g/mol. The largest absolute Gasteiger partial charge is 0.416 e. The molecule has 31 heavy (non-hydrogen) atoms. The number of allylic oxidation sites excluding steroid dienone is 3. The second kappa shape index (κ2) is 6.97. The maximum atomic E-state index is 13.8. The van der Waals surface area contributed by atoms with Crippen LogP contribution in [-0.4, -0.2) is 21.0 Å². The average Bonchev–Trinajstić information content (AvgIpc) is 3.19. The van der Waals surface area contributed by atoms with E-state index in [1.165, 1.54) is 29.4 Å². The topological polar surface area (TPSA) is 112 Å². The summed E-state index contributed by atoms with van der Waals surface area (Å²) in [4.78, 5) is 18.8. The summed E-state index contributed by atoms with van der Waals surface area (Å²) in [6, 6.07) is 6.91. The number of aromatic amines is 1. The van der Waals surface area contributed by atoms with Crippen LogP contribution >= 0.6 is 0 Å². The van der Waals surface area contributed by atoms with Crippen LogP contribution in [0.5, 0.6) is 0 Å². The first kappa shape index (κ1) is 20.7. The molecular formula is C21H19F3N6O. The molecule has 2 heterocycles. The first-order chi connectivity index (χ1) is 14.5. The van der Waals surface area contributed by atoms with Crippen LogP contribution in [0.3, 0.4) is 0 Å². The van der Waals surface area contributed by atoms with Gasteiger partial charge in [-0.05, 0) is 23.5 Å². The number of hydrogen-bond acceptors (Lipinski definition) is 6. The molecule has 1 aliphatic carbocycles. The predicted octanol–water partition coefficient (Wildman–Crippen LogP) is 3.76. The standard InChI is InChI=1S/C21H19F3N6O/c1-20(2)7-14-17(15(31)8-20)16(11-5-3-4-6-13(11)21(22,23)24)12(9-25)18(26)30(14)19-27-10-28-29-19/h3-6,10,16H,7-8,26H2,1-2H3,(H,27,28,29)/t16-/m0/s1. The van der Waals surface area contributed by atoms with Crippen LogP contribution in [0, 0.1) is 16.7 Å². The van der Waals surface area contributed by atoms with Crippen LogP contribution in [-0.2, 0) is 11.0 Å². The van der Waals surface area contributed by atoms with Gasteiger partial charge in [0, 0.05) is 17.7 Å². The molecule has 160 valence electrons. The summed E-state index contributed by atoms with van der Waals surface area (Å²) in [5, 5.41) is 16.4. The van der Waals surface area contributed by atoms with Gasteiger partial charge >= 0.3 is 6.18 Å². The zero-order valence-electron chi connectivity index (χ0n) is 16.8. The number of carbonyl (C=O) groups excluding carboxylic acids is 1. The third kappa shape index (κ3) is 3.36. The van der Waals surface area contributed by atoms with E-state index in [0.29, 0.717) is 12.1 Å². The highest BCUT2D eigenvalue weighted by atomic mass is 19.4. The van der Waals surface area contributed by atoms with E-state index in [1.807, 2.05) is 19.9 Å². The first-order valence-electron chi connectivity index (χ1n) is 9.53. The van der Waals surface area contributed by atoms with Gasteiger partial charge < -0.3 is 5.73 Å². The number of alkyl halides is 3. The van der Waals surface area contributed by atoms with Crippen molar-refractivity contribution < 1.29 is 18.0 Å². The third-order valence-corrected chi connectivity index (χ3v) is 5.57. The van der Waals surface area contributed by atoms with Gasteiger partial charge in [0.05, 0.1) is 23.1 Å². The lowest BCUT2D eigenvalue weighted by atomic mass is 9.68. The van der Waals surface area contributed by atoms with E-state index in [-0.39, 0.29) is 40.7 Å². The number of hydrogen-bond donors (Lipinski definition) is 2. The first-order valence-corrected chi connectivity index (χ1v) is 9.53. The lowest BCUT2D eigenvalue weighted by Crippen LogP contribution is -2.42. The van der Waals surface area contributed by atoms with Crippen molar-refractivity contribution in [2.45, 2.75) is 38.8 Å². The number of carbonyl (C=O) groups is 1. The Kier molecular flexibility index (Phi) is 4.65. The van der Waals surface area contributed by atoms with Gasteiger partial charge in [0.25, 0.3) is 0 Å². The zero-order chi connectivity index (χ0) is 22.6. The molecule has 0 unspecified atom stereocenters. The Bertz CT molecular complexity index is 1150. The number of Topliss-reactive ketones (excluding diaryl/α,β-unsaturated/α-hetero) is 1. The van der Waals surface area contributed by atoms with Crippen LogP contribution < -0.4 is 10.6 Å². The minimum Gasteiger partial charge on any atom is -0.384 e. The normalized spacial score (nSPS) is 21.2. The number of rotatable bonds is 2. The Morgan fingerprint density at radius 2 is 2.00 bits per heavy atom. The smallest absolute Gasteiger partial charge is 0.384 e. The molecule has 0 saturated heterocycles. The zero-order valence-corrected chi connectivity index (χ0v) is 16.8. The van der Waals surface area contributed by atoms with Gasteiger partial charge in [-0.3, -0.25) is 9.69 Å². The molecule has 7 nitrogen and oxygen atoms in total. The van der Waals surface area contributed by atoms with E-state index in [2.05, 4.69) is 15.2 Å². The number of ketones is 1. The van der Waals surface area contributed by atoms with E-state index in [4.69, 9.17) is 5.73 Å². The summed E-state index contributed by atoms with van der Waals surface area (Å²) >= 11 is 0. The van der Waals surface area contributed by atoms with E-state index in [0.717, 1.165) is 6.07 Å². The van der Waals surface area contributed by atoms with E-state index < -0.39 is 23.1 Å². The minimum absolute atomic E-state index is 0.0783. The van der Waals surface area contributed by atoms with E-state index in [9.17, 15) is 23.2 Å². The molecule has 10 heteroatoms. The van der Waals surface area contributed by atoms with Gasteiger partial charge in [0.15, 0.2) is 5.78 Å². The van der Waals surface area contributed by atoms with Gasteiger partial charge in [-0.25, -0.2) is 5.10 Å². The fraction of sp³-hybridized carbons (Fsp3) is 0.333. The number of anilines is 1. The highest BCUT2D eigenvalue weighted by Gasteiger charge is 2.47. The van der Waals surface area contributed by atoms with Crippen LogP contribution in [0.4, 0.5) is 19.1 Å². The fourth-order valence-electron chi connectivity index (χ4n) is 4.38. The summed E-state index contributed by atoms with van der Waals surface area (Å²) < 4.78 is 41.4. The Labute approximate surface area is 176 Å². The van der Waals surface area contributed by atoms with Gasteiger partial charge in [-0.1, -0.05) is 32.0 Å². The van der Waals surface area contributed by atoms with E-state index >= 15 is 0 Å². The van der Waals surface area contributed by atoms with E-state index in [1.54, 1.807) is 0 Å². The summed E-state index contributed by atoms with van der Waals surface area (Å²) in [6.45, 7) is 3.79. The van der Waals surface area contributed by atoms with Crippen molar-refractivity contribution in [3.8, 4) is 6.07 Å². The maximum Gasteiger partial charge on any atom is 0.416 e. The number of benzene rings is 1. The highest BCUT2D eigenvalue weighted by Crippen LogP contribution is 2.51. The number of nitrogens with zero attached hydrogens (tertiary/aromatic N) is 4. The number of halogens is 3. The molecule has 1 aromatic carbocycles. The number of nitriles is 1. The highest BCUT2D eigenvalue weighted by molar-refractivity contribution is 6.01. The van der Waals surface area contributed by atoms with Gasteiger partial charge in [-0.2, -0.15) is 28.5 Å². The molecule has 0 fully saturated rings. The van der Waals surface area contributed by atoms with Crippen LogP contribution in [0.25, 0.3) is 0 Å². The molecule has 0 amide bonds. The Balaban J connectivity index is 2.04. The molecule has 0 radical (unpaired) electrons. The molecule has 1 atom stereocenters. The fourth-order valence-corrected chi connectivity index (χ4v) is 4.38. The lowest BCUT2D eigenvalue weighted by Gasteiger charge is -2.42. The Morgan fingerprint density at radius 1 is 1.29 bits per heavy atom. The molecule has 3 N–H and O–H groups in total. The molecule has 0 saturated carbocycles. The molecule has 2 aromatic rings. The van der Waals surface area contributed by atoms with Gasteiger partial charge in [0.2, 0.25) is 5.95 Å². The molecule has 0 bridgehead atoms. The quantitative estimate of drug-likeness (QED) is 0.753. The SMILES string of the molecule is CC1(C)CC(=O)C2=C(C1)N(c1ncn[nH]1)C(N)=C(C#N)[C@@H]2c1ccccc1C(F)(F)F. The van der Waals surface area contributed by atoms with Crippen molar-refractivity contribution >= 4 is 11.7 Å². The number of nitrogens with one attached hydrogen (secondary N) is 1. The molecular weight excluding hydrogens is 409 g/mol. The van der Waals surface area contributed by atoms with Crippen molar-refractivity contribution in [1.29, 1.82) is 5.26 Å². The second-order valence-corrected chi connectivity index (χ2v) is 8.37. The monoisotopic (exact) mass is 428 g/mol. The molecule has 2 aliphatic rings. The maximum absolute atomic E-state index is 13.8. The van der Waals surface area contributed by atoms with Crippen molar-refractivity contribution in [2.75, 3.05) is 4.90 Å². The van der Waals surface area contributed by atoms with Crippen molar-refractivity contribution in [3.05, 3.63) is 64.4 Å². The summed E-state index contributed by atoms with van der Waals surface area (Å²) in [5.74, 6) is -1.44. The summed E-state index contributed by atoms with van der Waals surface area (Å²) in [5.41, 5.74) is 5.22. The Hall–Kier alpha value is -3.61. The minimum atomic E-state index is -4.66. The number of H-pyrrole nitrogens is 1. The summed E-state index contributed by atoms with van der Waals surface area (Å²) in [6.07, 6.45) is -2.92. The van der Waals surface area contributed by atoms with Crippen molar-refractivity contribution in [3.63, 3.8) is 0 Å². The summed E-state index contributed by atoms with van der Waals surface area (Å²) in [7, 11) is 0. The molecule has 0 spiro atoms. The molecule has 1 aromatic heterocycles.